The third kappa shape index (κ3) is 9.60. The van der Waals surface area contributed by atoms with Crippen LogP contribution in [0.1, 0.15) is 40.5 Å². The molecule has 0 bridgehead atoms. The van der Waals surface area contributed by atoms with Gasteiger partial charge >= 0.3 is 103 Å². The van der Waals surface area contributed by atoms with E-state index in [4.69, 9.17) is 23.2 Å². The number of carboxylic acid groups (broad SMARTS) is 2. The Labute approximate surface area is 270 Å². The molecule has 12 heteroatoms. The van der Waals surface area contributed by atoms with Crippen molar-refractivity contribution in [2.24, 2.45) is 11.8 Å². The predicted octanol–water partition coefficient (Wildman–Crippen LogP) is -6.44. The number of hydrogen-bond donors (Lipinski definition) is 2. The summed E-state index contributed by atoms with van der Waals surface area (Å²) >= 11 is 12.0. The molecule has 156 valence electrons. The average Bonchev–Trinajstić information content (AvgIpc) is 2.57. The van der Waals surface area contributed by atoms with Crippen molar-refractivity contribution < 1.29 is 132 Å². The van der Waals surface area contributed by atoms with Crippen LogP contribution in [0, 0.1) is 11.8 Å². The molecule has 30 heavy (non-hydrogen) atoms. The van der Waals surface area contributed by atoms with Gasteiger partial charge in [-0.05, 0) is 24.7 Å². The van der Waals surface area contributed by atoms with Crippen LogP contribution in [-0.4, -0.2) is 35.6 Å². The Bertz CT molecular complexity index is 691. The van der Waals surface area contributed by atoms with E-state index in [1.54, 1.807) is 27.7 Å². The minimum Gasteiger partial charge on any atom is -0.548 e. The van der Waals surface area contributed by atoms with Crippen molar-refractivity contribution in [2.45, 2.75) is 52.6 Å². The zero-order valence-electron chi connectivity index (χ0n) is 17.9. The summed E-state index contributed by atoms with van der Waals surface area (Å²) in [5, 5.41) is 26.3. The molecule has 8 nitrogen and oxygen atoms in total. The molecule has 0 spiro atoms. The van der Waals surface area contributed by atoms with Crippen molar-refractivity contribution in [3.8, 4) is 0 Å². The molecule has 2 N–H and O–H groups in total. The van der Waals surface area contributed by atoms with Crippen molar-refractivity contribution in [3.05, 3.63) is 21.5 Å². The smallest absolute Gasteiger partial charge is 0.548 e. The molecule has 1 aliphatic carbocycles. The molecule has 0 heterocycles. The van der Waals surface area contributed by atoms with Crippen LogP contribution in [0.15, 0.2) is 21.5 Å². The van der Waals surface area contributed by atoms with E-state index < -0.39 is 57.0 Å². The van der Waals surface area contributed by atoms with Gasteiger partial charge in [-0.25, -0.2) is 0 Å². The number of nitrogens with one attached hydrogen (secondary N) is 2. The van der Waals surface area contributed by atoms with E-state index >= 15 is 0 Å². The van der Waals surface area contributed by atoms with E-state index in [1.807, 2.05) is 0 Å². The molecule has 2 unspecified atom stereocenters. The molecule has 0 amide bonds. The van der Waals surface area contributed by atoms with Gasteiger partial charge in [-0.15, -0.1) is 0 Å². The minimum atomic E-state index is -1.47. The largest absolute Gasteiger partial charge is 1.00 e. The van der Waals surface area contributed by atoms with Crippen molar-refractivity contribution in [1.29, 1.82) is 0 Å². The molecule has 0 aromatic heterocycles. The number of halogens is 2. The molecule has 1 aliphatic rings. The fraction of sp³-hybridized carbons (Fsp3) is 0.556. The van der Waals surface area contributed by atoms with Crippen LogP contribution >= 0.6 is 23.2 Å². The second-order valence-electron chi connectivity index (χ2n) is 7.33. The molecular formula is C18H22Cl2K2N2O6. The minimum absolute atomic E-state index is 0. The van der Waals surface area contributed by atoms with Gasteiger partial charge in [-0.2, -0.15) is 0 Å². The molecule has 0 aliphatic heterocycles. The van der Waals surface area contributed by atoms with E-state index in [0.717, 1.165) is 0 Å². The first-order valence-corrected chi connectivity index (χ1v) is 9.46. The number of hydrogen-bond acceptors (Lipinski definition) is 8. The number of rotatable bonds is 10. The van der Waals surface area contributed by atoms with Gasteiger partial charge in [0, 0.05) is 0 Å². The molecule has 0 fully saturated rings. The topological polar surface area (TPSA) is 138 Å². The number of aliphatic carboxylic acids is 2. The number of carbonyl (C=O) groups excluding carboxylic acids is 4. The summed E-state index contributed by atoms with van der Waals surface area (Å²) in [7, 11) is 0. The van der Waals surface area contributed by atoms with Crippen molar-refractivity contribution in [2.75, 3.05) is 0 Å². The monoisotopic (exact) mass is 510 g/mol. The first-order valence-electron chi connectivity index (χ1n) is 8.70. The zero-order valence-corrected chi connectivity index (χ0v) is 25.7. The fourth-order valence-electron chi connectivity index (χ4n) is 2.62. The second-order valence-corrected chi connectivity index (χ2v) is 8.08. The van der Waals surface area contributed by atoms with Gasteiger partial charge in [0.25, 0.3) is 0 Å². The van der Waals surface area contributed by atoms with E-state index in [1.165, 1.54) is 0 Å². The van der Waals surface area contributed by atoms with Gasteiger partial charge in [0.2, 0.25) is 11.6 Å². The quantitative estimate of drug-likeness (QED) is 0.218. The third-order valence-electron chi connectivity index (χ3n) is 3.91. The summed E-state index contributed by atoms with van der Waals surface area (Å²) in [4.78, 5) is 47.7. The number of ketones is 2. The van der Waals surface area contributed by atoms with E-state index in [9.17, 15) is 29.4 Å². The normalized spacial score (nSPS) is 16.1. The van der Waals surface area contributed by atoms with Crippen LogP contribution in [0.25, 0.3) is 0 Å². The van der Waals surface area contributed by atoms with Crippen LogP contribution in [0.4, 0.5) is 0 Å². The Hall–Kier alpha value is 1.21. The molecule has 0 radical (unpaired) electrons. The number of Topliss-reactive ketones (excluding diaryl/α,β-unsaturated/α-hetero) is 2. The maximum Gasteiger partial charge on any atom is 1.00 e. The van der Waals surface area contributed by atoms with E-state index in [2.05, 4.69) is 10.6 Å². The van der Waals surface area contributed by atoms with Crippen LogP contribution < -0.4 is 124 Å². The van der Waals surface area contributed by atoms with Gasteiger partial charge in [0.15, 0.2) is 0 Å². The summed E-state index contributed by atoms with van der Waals surface area (Å²) in [6.45, 7) is 7.08. The van der Waals surface area contributed by atoms with E-state index in [-0.39, 0.29) is 127 Å². The second kappa shape index (κ2) is 15.2. The first kappa shape index (κ1) is 33.4. The van der Waals surface area contributed by atoms with Crippen molar-refractivity contribution >= 4 is 46.7 Å². The van der Waals surface area contributed by atoms with Crippen LogP contribution in [0.2, 0.25) is 0 Å². The maximum absolute atomic E-state index is 12.5. The molecule has 0 aromatic carbocycles. The van der Waals surface area contributed by atoms with Crippen molar-refractivity contribution in [3.63, 3.8) is 0 Å². The fourth-order valence-corrected chi connectivity index (χ4v) is 3.09. The average molecular weight is 511 g/mol. The Morgan fingerprint density at radius 1 is 0.767 bits per heavy atom. The van der Waals surface area contributed by atoms with Crippen LogP contribution in [-0.2, 0) is 19.2 Å². The molecule has 0 saturated heterocycles. The Morgan fingerprint density at radius 3 is 1.23 bits per heavy atom. The van der Waals surface area contributed by atoms with Crippen LogP contribution in [0.3, 0.4) is 0 Å². The van der Waals surface area contributed by atoms with Gasteiger partial charge < -0.3 is 30.4 Å². The van der Waals surface area contributed by atoms with Gasteiger partial charge in [-0.1, -0.05) is 50.9 Å². The summed E-state index contributed by atoms with van der Waals surface area (Å²) in [6, 6.07) is -2.53. The summed E-state index contributed by atoms with van der Waals surface area (Å²) < 4.78 is 0. The summed E-state index contributed by atoms with van der Waals surface area (Å²) in [6.07, 6.45) is 0.232. The SMILES string of the molecule is CC(C)CC(NC1=C(Cl)C(=O)C(NC(CC(C)C)C(=O)[O-])=C(Cl)C1=O)C(=O)[O-].[K+].[K+]. The summed E-state index contributed by atoms with van der Waals surface area (Å²) in [5.74, 6) is -4.89. The third-order valence-corrected chi connectivity index (χ3v) is 4.63. The van der Waals surface area contributed by atoms with E-state index in [0.29, 0.717) is 0 Å². The van der Waals surface area contributed by atoms with Gasteiger partial charge in [-0.3, -0.25) is 9.59 Å². The molecular weight excluding hydrogens is 489 g/mol. The number of allylic oxidation sites excluding steroid dienone is 2. The molecule has 2 atom stereocenters. The molecule has 0 saturated carbocycles. The van der Waals surface area contributed by atoms with Gasteiger partial charge in [0.1, 0.15) is 21.5 Å². The number of carboxylic acids is 2. The first-order chi connectivity index (χ1) is 12.9. The van der Waals surface area contributed by atoms with Gasteiger partial charge in [0.05, 0.1) is 24.0 Å². The molecule has 0 aromatic rings. The number of carbonyl (C=O) groups is 4. The maximum atomic E-state index is 12.5. The zero-order chi connectivity index (χ0) is 21.8. The Kier molecular flexibility index (Phi) is 16.9. The molecule has 1 rings (SSSR count). The summed E-state index contributed by atoms with van der Waals surface area (Å²) in [5.41, 5.74) is -0.933. The Morgan fingerprint density at radius 2 is 1.03 bits per heavy atom. The van der Waals surface area contributed by atoms with Crippen molar-refractivity contribution in [1.82, 2.24) is 10.6 Å². The standard InChI is InChI=1S/C18H24Cl2N2O6.2K/c1-7(2)5-9(17(25)26)21-13-11(19)16(24)14(12(20)15(13)23)22-10(18(27)28)6-8(3)4;;/h7-10,21-22H,5-6H2,1-4H3,(H,25,26)(H,27,28);;/q;2*+1/p-2. The predicted molar refractivity (Wildman–Crippen MR) is 98.5 cm³/mol. The Balaban J connectivity index is 0. The van der Waals surface area contributed by atoms with Crippen LogP contribution in [0.5, 0.6) is 0 Å².